The van der Waals surface area contributed by atoms with E-state index in [1.54, 1.807) is 0 Å². The Labute approximate surface area is 124 Å². The van der Waals surface area contributed by atoms with E-state index in [4.69, 9.17) is 4.74 Å². The van der Waals surface area contributed by atoms with Crippen LogP contribution in [0.3, 0.4) is 0 Å². The van der Waals surface area contributed by atoms with Crippen LogP contribution in [0.5, 0.6) is 0 Å². The quantitative estimate of drug-likeness (QED) is 0.919. The number of benzene rings is 1. The van der Waals surface area contributed by atoms with Crippen molar-refractivity contribution in [1.82, 2.24) is 5.32 Å². The SMILES string of the molecule is CCNCc1ccc(N2C[C@@H](C)O[C@@H](C)C2)cc1Br. The van der Waals surface area contributed by atoms with Gasteiger partial charge in [0, 0.05) is 29.8 Å². The van der Waals surface area contributed by atoms with Crippen molar-refractivity contribution in [3.05, 3.63) is 28.2 Å². The first-order valence-electron chi connectivity index (χ1n) is 6.99. The van der Waals surface area contributed by atoms with Crippen molar-refractivity contribution in [3.8, 4) is 0 Å². The average Bonchev–Trinajstić information content (AvgIpc) is 2.36. The number of anilines is 1. The Hall–Kier alpha value is -0.580. The van der Waals surface area contributed by atoms with Gasteiger partial charge in [0.25, 0.3) is 0 Å². The lowest BCUT2D eigenvalue weighted by Crippen LogP contribution is -2.45. The van der Waals surface area contributed by atoms with Crippen LogP contribution in [0.4, 0.5) is 5.69 Å². The zero-order valence-electron chi connectivity index (χ0n) is 11.9. The standard InChI is InChI=1S/C15H23BrN2O/c1-4-17-8-13-5-6-14(7-15(13)16)18-9-11(2)19-12(3)10-18/h5-7,11-12,17H,4,8-10H2,1-3H3/t11-,12+. The van der Waals surface area contributed by atoms with Gasteiger partial charge in [-0.25, -0.2) is 0 Å². The molecule has 0 spiro atoms. The second-order valence-electron chi connectivity index (χ2n) is 5.22. The molecule has 106 valence electrons. The number of hydrogen-bond acceptors (Lipinski definition) is 3. The van der Waals surface area contributed by atoms with Crippen molar-refractivity contribution >= 4 is 21.6 Å². The third-order valence-electron chi connectivity index (χ3n) is 3.39. The normalized spacial score (nSPS) is 23.7. The van der Waals surface area contributed by atoms with E-state index in [1.807, 2.05) is 0 Å². The van der Waals surface area contributed by atoms with Crippen LogP contribution in [0.15, 0.2) is 22.7 Å². The van der Waals surface area contributed by atoms with Crippen LogP contribution in [-0.2, 0) is 11.3 Å². The smallest absolute Gasteiger partial charge is 0.0726 e. The fraction of sp³-hybridized carbons (Fsp3) is 0.600. The van der Waals surface area contributed by atoms with Gasteiger partial charge in [0.2, 0.25) is 0 Å². The largest absolute Gasteiger partial charge is 0.372 e. The van der Waals surface area contributed by atoms with E-state index >= 15 is 0 Å². The summed E-state index contributed by atoms with van der Waals surface area (Å²) in [6, 6.07) is 6.63. The van der Waals surface area contributed by atoms with Gasteiger partial charge >= 0.3 is 0 Å². The van der Waals surface area contributed by atoms with Crippen LogP contribution in [0, 0.1) is 0 Å². The van der Waals surface area contributed by atoms with Gasteiger partial charge in [-0.2, -0.15) is 0 Å². The van der Waals surface area contributed by atoms with Crippen molar-refractivity contribution in [2.45, 2.75) is 39.5 Å². The van der Waals surface area contributed by atoms with Crippen LogP contribution < -0.4 is 10.2 Å². The van der Waals surface area contributed by atoms with Gasteiger partial charge in [0.1, 0.15) is 0 Å². The highest BCUT2D eigenvalue weighted by Gasteiger charge is 2.22. The zero-order valence-corrected chi connectivity index (χ0v) is 13.5. The molecule has 0 amide bonds. The fourth-order valence-electron chi connectivity index (χ4n) is 2.52. The fourth-order valence-corrected chi connectivity index (χ4v) is 3.03. The topological polar surface area (TPSA) is 24.5 Å². The van der Waals surface area contributed by atoms with Gasteiger partial charge in [-0.05, 0) is 38.1 Å². The summed E-state index contributed by atoms with van der Waals surface area (Å²) < 4.78 is 6.96. The molecular formula is C15H23BrN2O. The maximum absolute atomic E-state index is 5.78. The molecule has 2 rings (SSSR count). The van der Waals surface area contributed by atoms with E-state index in [-0.39, 0.29) is 0 Å². The lowest BCUT2D eigenvalue weighted by Gasteiger charge is -2.37. The van der Waals surface area contributed by atoms with Crippen molar-refractivity contribution in [3.63, 3.8) is 0 Å². The maximum atomic E-state index is 5.78. The minimum absolute atomic E-state index is 0.295. The summed E-state index contributed by atoms with van der Waals surface area (Å²) in [5.41, 5.74) is 2.58. The lowest BCUT2D eigenvalue weighted by atomic mass is 10.1. The van der Waals surface area contributed by atoms with Gasteiger partial charge in [-0.1, -0.05) is 28.9 Å². The van der Waals surface area contributed by atoms with E-state index in [9.17, 15) is 0 Å². The lowest BCUT2D eigenvalue weighted by molar-refractivity contribution is -0.00521. The Morgan fingerprint density at radius 3 is 2.58 bits per heavy atom. The second-order valence-corrected chi connectivity index (χ2v) is 6.07. The first-order chi connectivity index (χ1) is 9.10. The molecule has 1 aromatic carbocycles. The molecule has 1 aliphatic rings. The van der Waals surface area contributed by atoms with Crippen molar-refractivity contribution < 1.29 is 4.74 Å². The van der Waals surface area contributed by atoms with E-state index in [2.05, 4.69) is 65.1 Å². The number of ether oxygens (including phenoxy) is 1. The van der Waals surface area contributed by atoms with E-state index in [1.165, 1.54) is 15.7 Å². The predicted octanol–water partition coefficient (Wildman–Crippen LogP) is 3.17. The molecular weight excluding hydrogens is 304 g/mol. The Morgan fingerprint density at radius 2 is 2.00 bits per heavy atom. The molecule has 4 heteroatoms. The Bertz CT molecular complexity index is 415. The highest BCUT2D eigenvalue weighted by Crippen LogP contribution is 2.26. The van der Waals surface area contributed by atoms with E-state index in [0.29, 0.717) is 12.2 Å². The van der Waals surface area contributed by atoms with Crippen molar-refractivity contribution in [1.29, 1.82) is 0 Å². The van der Waals surface area contributed by atoms with Crippen LogP contribution in [0.25, 0.3) is 0 Å². The van der Waals surface area contributed by atoms with Crippen LogP contribution in [-0.4, -0.2) is 31.8 Å². The molecule has 1 N–H and O–H groups in total. The average molecular weight is 327 g/mol. The first-order valence-corrected chi connectivity index (χ1v) is 7.79. The first kappa shape index (κ1) is 14.8. The Kier molecular flexibility index (Phi) is 5.25. The minimum Gasteiger partial charge on any atom is -0.372 e. The van der Waals surface area contributed by atoms with Gasteiger partial charge in [-0.15, -0.1) is 0 Å². The number of hydrogen-bond donors (Lipinski definition) is 1. The molecule has 1 aliphatic heterocycles. The van der Waals surface area contributed by atoms with Gasteiger partial charge < -0.3 is 15.0 Å². The summed E-state index contributed by atoms with van der Waals surface area (Å²) in [5.74, 6) is 0. The number of halogens is 1. The predicted molar refractivity (Wildman–Crippen MR) is 83.7 cm³/mol. The molecule has 1 saturated heterocycles. The molecule has 1 heterocycles. The number of morpholine rings is 1. The van der Waals surface area contributed by atoms with Gasteiger partial charge in [0.15, 0.2) is 0 Å². The third-order valence-corrected chi connectivity index (χ3v) is 4.13. The molecule has 3 nitrogen and oxygen atoms in total. The molecule has 0 bridgehead atoms. The summed E-state index contributed by atoms with van der Waals surface area (Å²) in [6.45, 7) is 10.2. The van der Waals surface area contributed by atoms with Crippen LogP contribution >= 0.6 is 15.9 Å². The van der Waals surface area contributed by atoms with E-state index < -0.39 is 0 Å². The minimum atomic E-state index is 0.295. The van der Waals surface area contributed by atoms with E-state index in [0.717, 1.165) is 26.2 Å². The van der Waals surface area contributed by atoms with Gasteiger partial charge in [0.05, 0.1) is 12.2 Å². The highest BCUT2D eigenvalue weighted by atomic mass is 79.9. The Morgan fingerprint density at radius 1 is 1.32 bits per heavy atom. The highest BCUT2D eigenvalue weighted by molar-refractivity contribution is 9.10. The number of rotatable bonds is 4. The summed E-state index contributed by atoms with van der Waals surface area (Å²) in [4.78, 5) is 2.40. The maximum Gasteiger partial charge on any atom is 0.0726 e. The monoisotopic (exact) mass is 326 g/mol. The number of nitrogens with one attached hydrogen (secondary N) is 1. The summed E-state index contributed by atoms with van der Waals surface area (Å²) in [7, 11) is 0. The molecule has 1 fully saturated rings. The summed E-state index contributed by atoms with van der Waals surface area (Å²) in [6.07, 6.45) is 0.591. The molecule has 2 atom stereocenters. The molecule has 0 saturated carbocycles. The Balaban J connectivity index is 2.10. The molecule has 0 unspecified atom stereocenters. The molecule has 0 radical (unpaired) electrons. The summed E-state index contributed by atoms with van der Waals surface area (Å²) in [5, 5.41) is 3.35. The zero-order chi connectivity index (χ0) is 13.8. The van der Waals surface area contributed by atoms with Crippen LogP contribution in [0.1, 0.15) is 26.3 Å². The molecule has 0 aliphatic carbocycles. The number of nitrogens with zero attached hydrogens (tertiary/aromatic N) is 1. The van der Waals surface area contributed by atoms with Crippen LogP contribution in [0.2, 0.25) is 0 Å². The second kappa shape index (κ2) is 6.73. The summed E-state index contributed by atoms with van der Waals surface area (Å²) >= 11 is 3.68. The van der Waals surface area contributed by atoms with Gasteiger partial charge in [-0.3, -0.25) is 0 Å². The molecule has 19 heavy (non-hydrogen) atoms. The van der Waals surface area contributed by atoms with Crippen molar-refractivity contribution in [2.75, 3.05) is 24.5 Å². The molecule has 0 aromatic heterocycles. The van der Waals surface area contributed by atoms with Crippen molar-refractivity contribution in [2.24, 2.45) is 0 Å². The molecule has 1 aromatic rings. The third kappa shape index (κ3) is 3.94.